The number of carbonyl (C=O) groups is 1. The number of carbonyl (C=O) groups excluding carboxylic acids is 1. The van der Waals surface area contributed by atoms with E-state index in [1.54, 1.807) is 17.8 Å². The molecule has 0 aliphatic rings. The number of amides is 1. The van der Waals surface area contributed by atoms with Gasteiger partial charge in [-0.1, -0.05) is 36.4 Å². The molecule has 3 aromatic rings. The maximum atomic E-state index is 12.4. The van der Waals surface area contributed by atoms with Crippen LogP contribution in [0.4, 0.5) is 0 Å². The van der Waals surface area contributed by atoms with Crippen LogP contribution in [0.5, 0.6) is 0 Å². The van der Waals surface area contributed by atoms with Crippen molar-refractivity contribution < 1.29 is 4.79 Å². The highest BCUT2D eigenvalue weighted by atomic mass is 16.1. The third-order valence-electron chi connectivity index (χ3n) is 3.55. The summed E-state index contributed by atoms with van der Waals surface area (Å²) in [6.07, 6.45) is 1.92. The molecule has 1 aromatic carbocycles. The molecule has 0 bridgehead atoms. The van der Waals surface area contributed by atoms with E-state index in [1.165, 1.54) is 0 Å². The second-order valence-electron chi connectivity index (χ2n) is 5.38. The van der Waals surface area contributed by atoms with Crippen LogP contribution in [0.2, 0.25) is 0 Å². The van der Waals surface area contributed by atoms with Crippen molar-refractivity contribution in [3.63, 3.8) is 0 Å². The van der Waals surface area contributed by atoms with Gasteiger partial charge in [-0.05, 0) is 30.7 Å². The van der Waals surface area contributed by atoms with Crippen LogP contribution < -0.4 is 5.49 Å². The summed E-state index contributed by atoms with van der Waals surface area (Å²) in [5.74, 6) is -0.291. The van der Waals surface area contributed by atoms with Crippen molar-refractivity contribution in [2.75, 3.05) is 0 Å². The zero-order valence-electron chi connectivity index (χ0n) is 13.2. The largest absolute Gasteiger partial charge is 0.328 e. The quantitative estimate of drug-likeness (QED) is 0.745. The zero-order valence-corrected chi connectivity index (χ0v) is 13.2. The molecule has 5 heteroatoms. The average molecular weight is 306 g/mol. The number of aryl methyl sites for hydroxylation is 2. The summed E-state index contributed by atoms with van der Waals surface area (Å²) in [4.78, 5) is 16.7. The Morgan fingerprint density at radius 1 is 1.13 bits per heavy atom. The molecule has 0 saturated carbocycles. The zero-order chi connectivity index (χ0) is 16.2. The highest BCUT2D eigenvalue weighted by Crippen LogP contribution is 2.04. The summed E-state index contributed by atoms with van der Waals surface area (Å²) in [5.41, 5.74) is 3.07. The Kier molecular flexibility index (Phi) is 4.19. The summed E-state index contributed by atoms with van der Waals surface area (Å²) >= 11 is 0. The number of rotatable bonds is 3. The van der Waals surface area contributed by atoms with Gasteiger partial charge in [0.15, 0.2) is 0 Å². The van der Waals surface area contributed by atoms with E-state index in [2.05, 4.69) is 22.2 Å². The van der Waals surface area contributed by atoms with Gasteiger partial charge < -0.3 is 4.57 Å². The first-order valence-electron chi connectivity index (χ1n) is 7.42. The van der Waals surface area contributed by atoms with Crippen molar-refractivity contribution in [3.8, 4) is 0 Å². The standard InChI is InChI=1S/C18H18N4O/c1-14-12-16(21(2)20-14)18(23)19-17-10-6-7-11-22(17)13-15-8-4-3-5-9-15/h3-12H,13H2,1-2H3. The molecule has 0 N–H and O–H groups in total. The lowest BCUT2D eigenvalue weighted by Crippen LogP contribution is -2.22. The lowest BCUT2D eigenvalue weighted by Gasteiger charge is -2.07. The fourth-order valence-electron chi connectivity index (χ4n) is 2.45. The van der Waals surface area contributed by atoms with Gasteiger partial charge in [0, 0.05) is 19.8 Å². The van der Waals surface area contributed by atoms with Gasteiger partial charge in [-0.3, -0.25) is 9.48 Å². The molecule has 1 amide bonds. The molecule has 0 radical (unpaired) electrons. The molecule has 0 atom stereocenters. The lowest BCUT2D eigenvalue weighted by atomic mass is 10.2. The topological polar surface area (TPSA) is 52.2 Å². The summed E-state index contributed by atoms with van der Waals surface area (Å²) < 4.78 is 3.52. The van der Waals surface area contributed by atoms with E-state index in [4.69, 9.17) is 0 Å². The van der Waals surface area contributed by atoms with E-state index < -0.39 is 0 Å². The van der Waals surface area contributed by atoms with Crippen LogP contribution in [0, 0.1) is 6.92 Å². The molecule has 116 valence electrons. The SMILES string of the molecule is Cc1cc(C(=O)N=c2ccccn2Cc2ccccc2)n(C)n1. The smallest absolute Gasteiger partial charge is 0.297 e. The van der Waals surface area contributed by atoms with Gasteiger partial charge in [0.1, 0.15) is 11.2 Å². The average Bonchev–Trinajstić information content (AvgIpc) is 2.89. The Balaban J connectivity index is 1.96. The van der Waals surface area contributed by atoms with E-state index in [-0.39, 0.29) is 5.91 Å². The molecule has 0 unspecified atom stereocenters. The lowest BCUT2D eigenvalue weighted by molar-refractivity contribution is 0.0988. The van der Waals surface area contributed by atoms with Crippen LogP contribution in [-0.2, 0) is 13.6 Å². The van der Waals surface area contributed by atoms with Gasteiger partial charge in [0.2, 0.25) is 0 Å². The molecule has 3 rings (SSSR count). The summed E-state index contributed by atoms with van der Waals surface area (Å²) in [6.45, 7) is 2.52. The third-order valence-corrected chi connectivity index (χ3v) is 3.55. The van der Waals surface area contributed by atoms with Crippen molar-refractivity contribution in [1.29, 1.82) is 0 Å². The van der Waals surface area contributed by atoms with Crippen molar-refractivity contribution in [1.82, 2.24) is 14.3 Å². The summed E-state index contributed by atoms with van der Waals surface area (Å²) in [5, 5.41) is 4.19. The fourth-order valence-corrected chi connectivity index (χ4v) is 2.45. The van der Waals surface area contributed by atoms with Gasteiger partial charge in [0.25, 0.3) is 5.91 Å². The second-order valence-corrected chi connectivity index (χ2v) is 5.38. The molecular weight excluding hydrogens is 288 g/mol. The van der Waals surface area contributed by atoms with E-state index in [1.807, 2.05) is 54.1 Å². The van der Waals surface area contributed by atoms with Crippen molar-refractivity contribution in [2.45, 2.75) is 13.5 Å². The van der Waals surface area contributed by atoms with E-state index >= 15 is 0 Å². The molecule has 2 aromatic heterocycles. The number of nitrogens with zero attached hydrogens (tertiary/aromatic N) is 4. The van der Waals surface area contributed by atoms with Crippen LogP contribution in [0.25, 0.3) is 0 Å². The highest BCUT2D eigenvalue weighted by molar-refractivity contribution is 5.93. The monoisotopic (exact) mass is 306 g/mol. The molecule has 2 heterocycles. The highest BCUT2D eigenvalue weighted by Gasteiger charge is 2.10. The molecule has 5 nitrogen and oxygen atoms in total. The molecule has 0 aliphatic carbocycles. The fraction of sp³-hybridized carbons (Fsp3) is 0.167. The first-order valence-corrected chi connectivity index (χ1v) is 7.42. The molecular formula is C18H18N4O. The van der Waals surface area contributed by atoms with E-state index in [0.717, 1.165) is 11.3 Å². The van der Waals surface area contributed by atoms with E-state index in [9.17, 15) is 4.79 Å². The second kappa shape index (κ2) is 6.44. The molecule has 0 fully saturated rings. The predicted molar refractivity (Wildman–Crippen MR) is 87.8 cm³/mol. The first kappa shape index (κ1) is 15.0. The maximum Gasteiger partial charge on any atom is 0.297 e. The third kappa shape index (κ3) is 3.45. The minimum atomic E-state index is -0.291. The number of pyridine rings is 1. The van der Waals surface area contributed by atoms with Crippen molar-refractivity contribution >= 4 is 5.91 Å². The maximum absolute atomic E-state index is 12.4. The summed E-state index contributed by atoms with van der Waals surface area (Å²) in [7, 11) is 1.75. The normalized spacial score (nSPS) is 11.7. The van der Waals surface area contributed by atoms with Gasteiger partial charge in [-0.15, -0.1) is 0 Å². The van der Waals surface area contributed by atoms with Crippen molar-refractivity contribution in [2.24, 2.45) is 12.0 Å². The van der Waals surface area contributed by atoms with Gasteiger partial charge >= 0.3 is 0 Å². The Morgan fingerprint density at radius 2 is 1.87 bits per heavy atom. The van der Waals surface area contributed by atoms with Crippen molar-refractivity contribution in [3.05, 3.63) is 83.2 Å². The van der Waals surface area contributed by atoms with Gasteiger partial charge in [0.05, 0.1) is 5.69 Å². The van der Waals surface area contributed by atoms with Gasteiger partial charge in [-0.2, -0.15) is 10.1 Å². The minimum absolute atomic E-state index is 0.291. The number of hydrogen-bond acceptors (Lipinski definition) is 2. The minimum Gasteiger partial charge on any atom is -0.328 e. The Labute approximate surface area is 134 Å². The Morgan fingerprint density at radius 3 is 2.57 bits per heavy atom. The van der Waals surface area contributed by atoms with Gasteiger partial charge in [-0.25, -0.2) is 0 Å². The van der Waals surface area contributed by atoms with Crippen LogP contribution in [0.1, 0.15) is 21.7 Å². The Hall–Kier alpha value is -2.95. The summed E-state index contributed by atoms with van der Waals surface area (Å²) in [6, 6.07) is 17.5. The molecule has 0 spiro atoms. The van der Waals surface area contributed by atoms with Crippen LogP contribution in [0.3, 0.4) is 0 Å². The molecule has 0 aliphatic heterocycles. The Bertz CT molecular complexity index is 891. The molecule has 23 heavy (non-hydrogen) atoms. The van der Waals surface area contributed by atoms with Crippen LogP contribution >= 0.6 is 0 Å². The first-order chi connectivity index (χ1) is 11.1. The number of hydrogen-bond donors (Lipinski definition) is 0. The van der Waals surface area contributed by atoms with Crippen LogP contribution in [0.15, 0.2) is 65.8 Å². The van der Waals surface area contributed by atoms with Crippen LogP contribution in [-0.4, -0.2) is 20.3 Å². The predicted octanol–water partition coefficient (Wildman–Crippen LogP) is 2.32. The van der Waals surface area contributed by atoms with E-state index in [0.29, 0.717) is 17.7 Å². The number of benzene rings is 1. The molecule has 0 saturated heterocycles. The number of aromatic nitrogens is 3.